The average Bonchev–Trinajstić information content (AvgIpc) is 2.64. The number of ether oxygens (including phenoxy) is 1. The summed E-state index contributed by atoms with van der Waals surface area (Å²) in [7, 11) is 0. The monoisotopic (exact) mass is 353 g/mol. The molecule has 1 N–H and O–H groups in total. The summed E-state index contributed by atoms with van der Waals surface area (Å²) in [5, 5.41) is 10.7. The number of benzene rings is 2. The van der Waals surface area contributed by atoms with Crippen molar-refractivity contribution in [1.29, 1.82) is 0 Å². The highest BCUT2D eigenvalue weighted by Crippen LogP contribution is 2.26. The van der Waals surface area contributed by atoms with Gasteiger partial charge in [-0.3, -0.25) is 0 Å². The SMILES string of the molecule is CC1CCN(CC(O)C(C)(C)Oc2ccc(-c3ccccc3)cc2)CC1. The molecule has 1 heterocycles. The molecule has 3 rings (SSSR count). The zero-order chi connectivity index (χ0) is 18.6. The summed E-state index contributed by atoms with van der Waals surface area (Å²) < 4.78 is 6.14. The van der Waals surface area contributed by atoms with Gasteiger partial charge in [0.15, 0.2) is 0 Å². The van der Waals surface area contributed by atoms with Crippen LogP contribution in [-0.4, -0.2) is 41.3 Å². The topological polar surface area (TPSA) is 32.7 Å². The third-order valence-electron chi connectivity index (χ3n) is 5.45. The van der Waals surface area contributed by atoms with Crippen LogP contribution in [0.4, 0.5) is 0 Å². The molecule has 0 aliphatic carbocycles. The molecule has 0 amide bonds. The van der Waals surface area contributed by atoms with Crippen LogP contribution >= 0.6 is 0 Å². The van der Waals surface area contributed by atoms with Crippen molar-refractivity contribution in [2.24, 2.45) is 5.92 Å². The maximum Gasteiger partial charge on any atom is 0.130 e. The van der Waals surface area contributed by atoms with Gasteiger partial charge in [0.05, 0.1) is 0 Å². The van der Waals surface area contributed by atoms with Gasteiger partial charge in [-0.05, 0) is 69.0 Å². The predicted octanol–water partition coefficient (Wildman–Crippen LogP) is 4.60. The summed E-state index contributed by atoms with van der Waals surface area (Å²) in [6.07, 6.45) is 1.91. The van der Waals surface area contributed by atoms with E-state index in [1.807, 2.05) is 44.2 Å². The van der Waals surface area contributed by atoms with E-state index >= 15 is 0 Å². The molecule has 1 aliphatic heterocycles. The van der Waals surface area contributed by atoms with Crippen LogP contribution in [0.3, 0.4) is 0 Å². The molecule has 0 saturated carbocycles. The Bertz CT molecular complexity index is 673. The van der Waals surface area contributed by atoms with Gasteiger partial charge in [0, 0.05) is 6.54 Å². The van der Waals surface area contributed by atoms with Crippen molar-refractivity contribution in [2.75, 3.05) is 19.6 Å². The molecule has 3 heteroatoms. The largest absolute Gasteiger partial charge is 0.485 e. The summed E-state index contributed by atoms with van der Waals surface area (Å²) in [5.74, 6) is 1.59. The number of piperidine rings is 1. The highest BCUT2D eigenvalue weighted by molar-refractivity contribution is 5.63. The number of rotatable bonds is 6. The first-order valence-electron chi connectivity index (χ1n) is 9.69. The molecule has 0 aromatic heterocycles. The fourth-order valence-corrected chi connectivity index (χ4v) is 3.43. The molecule has 1 saturated heterocycles. The molecule has 1 atom stereocenters. The Morgan fingerprint density at radius 1 is 1.00 bits per heavy atom. The fourth-order valence-electron chi connectivity index (χ4n) is 3.43. The summed E-state index contributed by atoms with van der Waals surface area (Å²) in [5.41, 5.74) is 1.73. The molecule has 0 bridgehead atoms. The number of hydrogen-bond donors (Lipinski definition) is 1. The summed E-state index contributed by atoms with van der Waals surface area (Å²) in [6, 6.07) is 18.4. The minimum Gasteiger partial charge on any atom is -0.485 e. The molecule has 2 aromatic carbocycles. The molecule has 0 radical (unpaired) electrons. The number of aliphatic hydroxyl groups excluding tert-OH is 1. The first-order valence-corrected chi connectivity index (χ1v) is 9.69. The van der Waals surface area contributed by atoms with Gasteiger partial charge in [-0.25, -0.2) is 0 Å². The Kier molecular flexibility index (Phi) is 6.00. The Morgan fingerprint density at radius 3 is 2.19 bits per heavy atom. The van der Waals surface area contributed by atoms with Crippen LogP contribution in [0, 0.1) is 5.92 Å². The second-order valence-corrected chi connectivity index (χ2v) is 8.09. The third-order valence-corrected chi connectivity index (χ3v) is 5.45. The first kappa shape index (κ1) is 18.9. The van der Waals surface area contributed by atoms with Gasteiger partial charge < -0.3 is 14.7 Å². The van der Waals surface area contributed by atoms with Crippen molar-refractivity contribution in [3.63, 3.8) is 0 Å². The molecular weight excluding hydrogens is 322 g/mol. The Balaban J connectivity index is 1.59. The van der Waals surface area contributed by atoms with Crippen LogP contribution in [0.2, 0.25) is 0 Å². The Hall–Kier alpha value is -1.84. The second-order valence-electron chi connectivity index (χ2n) is 8.09. The average molecular weight is 354 g/mol. The number of nitrogens with zero attached hydrogens (tertiary/aromatic N) is 1. The van der Waals surface area contributed by atoms with Crippen molar-refractivity contribution in [1.82, 2.24) is 4.90 Å². The van der Waals surface area contributed by atoms with E-state index in [2.05, 4.69) is 36.1 Å². The van der Waals surface area contributed by atoms with Crippen molar-refractivity contribution in [3.05, 3.63) is 54.6 Å². The van der Waals surface area contributed by atoms with Crippen LogP contribution in [-0.2, 0) is 0 Å². The van der Waals surface area contributed by atoms with Gasteiger partial charge in [-0.1, -0.05) is 49.4 Å². The quantitative estimate of drug-likeness (QED) is 0.823. The van der Waals surface area contributed by atoms with Crippen molar-refractivity contribution >= 4 is 0 Å². The minimum atomic E-state index is -0.628. The lowest BCUT2D eigenvalue weighted by molar-refractivity contribution is -0.0477. The smallest absolute Gasteiger partial charge is 0.130 e. The molecule has 1 unspecified atom stereocenters. The molecule has 0 spiro atoms. The van der Waals surface area contributed by atoms with E-state index < -0.39 is 11.7 Å². The molecule has 1 aliphatic rings. The van der Waals surface area contributed by atoms with Crippen LogP contribution in [0.5, 0.6) is 5.75 Å². The lowest BCUT2D eigenvalue weighted by Crippen LogP contribution is -2.50. The van der Waals surface area contributed by atoms with Crippen molar-refractivity contribution in [2.45, 2.75) is 45.3 Å². The van der Waals surface area contributed by atoms with E-state index in [1.54, 1.807) is 0 Å². The second kappa shape index (κ2) is 8.24. The van der Waals surface area contributed by atoms with E-state index in [-0.39, 0.29) is 0 Å². The Morgan fingerprint density at radius 2 is 1.58 bits per heavy atom. The van der Waals surface area contributed by atoms with Crippen molar-refractivity contribution < 1.29 is 9.84 Å². The zero-order valence-electron chi connectivity index (χ0n) is 16.2. The summed E-state index contributed by atoms with van der Waals surface area (Å²) in [6.45, 7) is 9.05. The van der Waals surface area contributed by atoms with Crippen LogP contribution in [0.1, 0.15) is 33.6 Å². The van der Waals surface area contributed by atoms with E-state index in [4.69, 9.17) is 4.74 Å². The molecule has 1 fully saturated rings. The Labute approximate surface area is 157 Å². The van der Waals surface area contributed by atoms with Gasteiger partial charge in [-0.2, -0.15) is 0 Å². The normalized spacial score (nSPS) is 17.8. The number of hydrogen-bond acceptors (Lipinski definition) is 3. The van der Waals surface area contributed by atoms with E-state index in [0.29, 0.717) is 6.54 Å². The van der Waals surface area contributed by atoms with E-state index in [1.165, 1.54) is 24.0 Å². The summed E-state index contributed by atoms with van der Waals surface area (Å²) >= 11 is 0. The highest BCUT2D eigenvalue weighted by atomic mass is 16.5. The highest BCUT2D eigenvalue weighted by Gasteiger charge is 2.32. The lowest BCUT2D eigenvalue weighted by Gasteiger charge is -2.37. The predicted molar refractivity (Wildman–Crippen MR) is 107 cm³/mol. The molecule has 2 aromatic rings. The van der Waals surface area contributed by atoms with Gasteiger partial charge in [0.2, 0.25) is 0 Å². The minimum absolute atomic E-state index is 0.523. The maximum atomic E-state index is 10.7. The fraction of sp³-hybridized carbons (Fsp3) is 0.478. The zero-order valence-corrected chi connectivity index (χ0v) is 16.2. The third kappa shape index (κ3) is 4.87. The molecule has 140 valence electrons. The number of likely N-dealkylation sites (tertiary alicyclic amines) is 1. The van der Waals surface area contributed by atoms with Gasteiger partial charge in [0.25, 0.3) is 0 Å². The van der Waals surface area contributed by atoms with Crippen molar-refractivity contribution in [3.8, 4) is 16.9 Å². The summed E-state index contributed by atoms with van der Waals surface area (Å²) in [4.78, 5) is 2.36. The molecule has 26 heavy (non-hydrogen) atoms. The maximum absolute atomic E-state index is 10.7. The van der Waals surface area contributed by atoms with Crippen LogP contribution in [0.15, 0.2) is 54.6 Å². The van der Waals surface area contributed by atoms with Gasteiger partial charge in [-0.15, -0.1) is 0 Å². The molecule has 3 nitrogen and oxygen atoms in total. The van der Waals surface area contributed by atoms with Crippen LogP contribution < -0.4 is 4.74 Å². The van der Waals surface area contributed by atoms with E-state index in [0.717, 1.165) is 24.8 Å². The first-order chi connectivity index (χ1) is 12.4. The van der Waals surface area contributed by atoms with Gasteiger partial charge in [0.1, 0.15) is 17.5 Å². The van der Waals surface area contributed by atoms with Gasteiger partial charge >= 0.3 is 0 Å². The van der Waals surface area contributed by atoms with E-state index in [9.17, 15) is 5.11 Å². The number of aliphatic hydroxyl groups is 1. The number of β-amino-alcohol motifs (C(OH)–C–C–N with tert-alkyl or cyclic N) is 1. The van der Waals surface area contributed by atoms with Crippen LogP contribution in [0.25, 0.3) is 11.1 Å². The standard InChI is InChI=1S/C23H31NO2/c1-18-13-15-24(16-14-18)17-22(25)23(2,3)26-21-11-9-20(10-12-21)19-7-5-4-6-8-19/h4-12,18,22,25H,13-17H2,1-3H3. The molecular formula is C23H31NO2. The lowest BCUT2D eigenvalue weighted by atomic mass is 9.96.